The van der Waals surface area contributed by atoms with Crippen molar-refractivity contribution in [1.82, 2.24) is 15.0 Å². The maximum Gasteiger partial charge on any atom is 0.510 e. The summed E-state index contributed by atoms with van der Waals surface area (Å²) in [6, 6.07) is 11.4. The van der Waals surface area contributed by atoms with Gasteiger partial charge in [-0.15, -0.1) is 15.0 Å². The number of hydrogen-bond acceptors (Lipinski definition) is 7. The van der Waals surface area contributed by atoms with Crippen LogP contribution in [0.2, 0.25) is 5.02 Å². The van der Waals surface area contributed by atoms with Gasteiger partial charge in [-0.1, -0.05) is 35.9 Å². The van der Waals surface area contributed by atoms with E-state index in [9.17, 15) is 28.0 Å². The van der Waals surface area contributed by atoms with Crippen LogP contribution in [0, 0.1) is 16.7 Å². The summed E-state index contributed by atoms with van der Waals surface area (Å²) in [5.74, 6) is -1.16. The fraction of sp³-hybridized carbons (Fsp3) is 0.269. The van der Waals surface area contributed by atoms with Crippen LogP contribution in [0.1, 0.15) is 49.4 Å². The highest BCUT2D eigenvalue weighted by atomic mass is 35.5. The number of ether oxygens (including phenoxy) is 2. The summed E-state index contributed by atoms with van der Waals surface area (Å²) in [6.45, 7) is 3.73. The first-order valence-corrected chi connectivity index (χ1v) is 11.7. The number of halogens is 4. The van der Waals surface area contributed by atoms with Gasteiger partial charge in [-0.25, -0.2) is 4.79 Å². The minimum Gasteiger partial charge on any atom is -0.481 e. The SMILES string of the molecule is CC(OC(=O)OCC(C)(C)C(=O)O)n1nc(C#N)c(-c2cc(Cl)cc(/C=C/c3cccc(C(F)(F)F)c3)c2)n1. The molecular formula is C26H22ClF3N4O5. The summed E-state index contributed by atoms with van der Waals surface area (Å²) in [5, 5.41) is 27.2. The maximum atomic E-state index is 13.0. The zero-order valence-electron chi connectivity index (χ0n) is 20.9. The molecule has 0 spiro atoms. The van der Waals surface area contributed by atoms with E-state index in [0.717, 1.165) is 16.9 Å². The Bertz CT molecular complexity index is 1460. The lowest BCUT2D eigenvalue weighted by atomic mass is 9.95. The van der Waals surface area contributed by atoms with Crippen LogP contribution in [0.25, 0.3) is 23.4 Å². The number of benzene rings is 2. The molecule has 0 saturated carbocycles. The number of aromatic nitrogens is 3. The van der Waals surface area contributed by atoms with Crippen molar-refractivity contribution in [3.63, 3.8) is 0 Å². The second-order valence-corrected chi connectivity index (χ2v) is 9.44. The topological polar surface area (TPSA) is 127 Å². The van der Waals surface area contributed by atoms with Gasteiger partial charge in [0.15, 0.2) is 5.69 Å². The van der Waals surface area contributed by atoms with Crippen molar-refractivity contribution in [2.24, 2.45) is 5.41 Å². The summed E-state index contributed by atoms with van der Waals surface area (Å²) in [5.41, 5.74) is -0.885. The molecule has 39 heavy (non-hydrogen) atoms. The number of carbonyl (C=O) groups is 2. The van der Waals surface area contributed by atoms with Crippen LogP contribution in [-0.2, 0) is 20.4 Å². The predicted molar refractivity (Wildman–Crippen MR) is 134 cm³/mol. The number of carboxylic acids is 1. The van der Waals surface area contributed by atoms with Crippen molar-refractivity contribution in [1.29, 1.82) is 5.26 Å². The predicted octanol–water partition coefficient (Wildman–Crippen LogP) is 6.44. The Kier molecular flexibility index (Phi) is 8.66. The lowest BCUT2D eigenvalue weighted by Crippen LogP contribution is -2.31. The molecular weight excluding hydrogens is 541 g/mol. The number of rotatable bonds is 8. The van der Waals surface area contributed by atoms with E-state index in [-0.39, 0.29) is 16.4 Å². The number of carboxylic acid groups (broad SMARTS) is 1. The molecule has 13 heteroatoms. The molecule has 0 bridgehead atoms. The first-order valence-electron chi connectivity index (χ1n) is 11.3. The number of hydrogen-bond donors (Lipinski definition) is 1. The van der Waals surface area contributed by atoms with Gasteiger partial charge in [-0.05, 0) is 62.2 Å². The Morgan fingerprint density at radius 1 is 1.15 bits per heavy atom. The molecule has 1 unspecified atom stereocenters. The van der Waals surface area contributed by atoms with Gasteiger partial charge >= 0.3 is 18.3 Å². The van der Waals surface area contributed by atoms with Crippen molar-refractivity contribution in [3.8, 4) is 17.3 Å². The van der Waals surface area contributed by atoms with Gasteiger partial charge in [0.1, 0.15) is 18.4 Å². The lowest BCUT2D eigenvalue weighted by molar-refractivity contribution is -0.149. The van der Waals surface area contributed by atoms with Gasteiger partial charge in [0, 0.05) is 10.6 Å². The fourth-order valence-electron chi connectivity index (χ4n) is 3.13. The Labute approximate surface area is 226 Å². The number of carbonyl (C=O) groups excluding carboxylic acids is 1. The third-order valence-corrected chi connectivity index (χ3v) is 5.55. The highest BCUT2D eigenvalue weighted by molar-refractivity contribution is 6.31. The molecule has 9 nitrogen and oxygen atoms in total. The summed E-state index contributed by atoms with van der Waals surface area (Å²) < 4.78 is 49.0. The van der Waals surface area contributed by atoms with E-state index in [0.29, 0.717) is 16.7 Å². The van der Waals surface area contributed by atoms with E-state index in [1.165, 1.54) is 45.0 Å². The largest absolute Gasteiger partial charge is 0.510 e. The molecule has 0 radical (unpaired) electrons. The molecule has 0 aliphatic heterocycles. The molecule has 0 aliphatic carbocycles. The maximum absolute atomic E-state index is 13.0. The summed E-state index contributed by atoms with van der Waals surface area (Å²) in [4.78, 5) is 24.1. The van der Waals surface area contributed by atoms with E-state index in [4.69, 9.17) is 26.2 Å². The lowest BCUT2D eigenvalue weighted by Gasteiger charge is -2.19. The number of nitrogens with zero attached hydrogens (tertiary/aromatic N) is 4. The van der Waals surface area contributed by atoms with E-state index in [1.807, 2.05) is 6.07 Å². The van der Waals surface area contributed by atoms with Crippen LogP contribution in [-0.4, -0.2) is 38.8 Å². The molecule has 3 aromatic rings. The van der Waals surface area contributed by atoms with Crippen LogP contribution in [0.15, 0.2) is 42.5 Å². The minimum atomic E-state index is -4.47. The smallest absolute Gasteiger partial charge is 0.481 e. The van der Waals surface area contributed by atoms with Crippen LogP contribution in [0.5, 0.6) is 0 Å². The normalized spacial score (nSPS) is 12.7. The fourth-order valence-corrected chi connectivity index (χ4v) is 3.38. The van der Waals surface area contributed by atoms with Crippen molar-refractivity contribution >= 4 is 35.9 Å². The van der Waals surface area contributed by atoms with E-state index in [1.54, 1.807) is 18.2 Å². The zero-order chi connectivity index (χ0) is 29.0. The molecule has 0 saturated heterocycles. The number of nitriles is 1. The standard InChI is InChI=1S/C26H22ClF3N4O5/c1-15(39-24(37)38-14-25(2,3)23(35)36)34-32-21(13-31)22(33-34)18-9-17(11-20(27)12-18)8-7-16-5-4-6-19(10-16)26(28,29)30/h4-12,15H,14H2,1-3H3,(H,35,36)/b8-7+. The zero-order valence-corrected chi connectivity index (χ0v) is 21.6. The van der Waals surface area contributed by atoms with Crippen molar-refractivity contribution in [3.05, 3.63) is 69.9 Å². The molecule has 1 N–H and O–H groups in total. The average Bonchev–Trinajstić information content (AvgIpc) is 3.30. The summed E-state index contributed by atoms with van der Waals surface area (Å²) >= 11 is 6.25. The molecule has 1 aromatic heterocycles. The van der Waals surface area contributed by atoms with Gasteiger partial charge in [0.25, 0.3) is 0 Å². The third kappa shape index (κ3) is 7.58. The van der Waals surface area contributed by atoms with Crippen LogP contribution < -0.4 is 0 Å². The molecule has 0 fully saturated rings. The monoisotopic (exact) mass is 562 g/mol. The Hall–Kier alpha value is -4.37. The van der Waals surface area contributed by atoms with Crippen molar-refractivity contribution < 1.29 is 37.3 Å². The Morgan fingerprint density at radius 3 is 2.49 bits per heavy atom. The van der Waals surface area contributed by atoms with Crippen molar-refractivity contribution in [2.45, 2.75) is 33.2 Å². The second kappa shape index (κ2) is 11.6. The number of aliphatic carboxylic acids is 1. The first kappa shape index (κ1) is 29.2. The van der Waals surface area contributed by atoms with Crippen LogP contribution in [0.3, 0.4) is 0 Å². The van der Waals surface area contributed by atoms with Gasteiger partial charge in [0.2, 0.25) is 6.23 Å². The third-order valence-electron chi connectivity index (χ3n) is 5.33. The Morgan fingerprint density at radius 2 is 1.85 bits per heavy atom. The first-order chi connectivity index (χ1) is 18.2. The second-order valence-electron chi connectivity index (χ2n) is 9.00. The number of alkyl halides is 3. The highest BCUT2D eigenvalue weighted by Crippen LogP contribution is 2.31. The highest BCUT2D eigenvalue weighted by Gasteiger charge is 2.31. The van der Waals surface area contributed by atoms with E-state index in [2.05, 4.69) is 10.2 Å². The molecule has 1 heterocycles. The summed E-state index contributed by atoms with van der Waals surface area (Å²) in [7, 11) is 0. The average molecular weight is 563 g/mol. The van der Waals surface area contributed by atoms with E-state index < -0.39 is 42.1 Å². The molecule has 0 aliphatic rings. The molecule has 0 amide bonds. The van der Waals surface area contributed by atoms with Gasteiger partial charge in [-0.2, -0.15) is 18.4 Å². The molecule has 1 atom stereocenters. The summed E-state index contributed by atoms with van der Waals surface area (Å²) in [6.07, 6.45) is -3.70. The molecule has 3 rings (SSSR count). The molecule has 2 aromatic carbocycles. The van der Waals surface area contributed by atoms with Crippen LogP contribution >= 0.6 is 11.6 Å². The van der Waals surface area contributed by atoms with Gasteiger partial charge in [0.05, 0.1) is 11.0 Å². The van der Waals surface area contributed by atoms with Crippen molar-refractivity contribution in [2.75, 3.05) is 6.61 Å². The van der Waals surface area contributed by atoms with E-state index >= 15 is 0 Å². The molecule has 204 valence electrons. The quantitative estimate of drug-likeness (QED) is 0.245. The Balaban J connectivity index is 1.82. The van der Waals surface area contributed by atoms with Gasteiger partial charge < -0.3 is 14.6 Å². The van der Waals surface area contributed by atoms with Gasteiger partial charge in [-0.3, -0.25) is 4.79 Å². The minimum absolute atomic E-state index is 0.110. The van der Waals surface area contributed by atoms with Crippen LogP contribution in [0.4, 0.5) is 18.0 Å².